The first-order chi connectivity index (χ1) is 7.70. The van der Waals surface area contributed by atoms with E-state index in [2.05, 4.69) is 6.92 Å². The van der Waals surface area contributed by atoms with Crippen molar-refractivity contribution in [1.82, 2.24) is 0 Å². The number of halogens is 1. The molecule has 1 saturated carbocycles. The molecular formula is C12H18ClNOS. The fourth-order valence-corrected chi connectivity index (χ4v) is 2.96. The van der Waals surface area contributed by atoms with E-state index in [1.54, 1.807) is 11.3 Å². The van der Waals surface area contributed by atoms with Crippen LogP contribution in [0, 0.1) is 0 Å². The van der Waals surface area contributed by atoms with Gasteiger partial charge in [-0.25, -0.2) is 0 Å². The first-order valence-corrected chi connectivity index (χ1v) is 7.06. The van der Waals surface area contributed by atoms with E-state index in [4.69, 9.17) is 22.1 Å². The minimum absolute atomic E-state index is 0.0211. The summed E-state index contributed by atoms with van der Waals surface area (Å²) in [7, 11) is 0. The molecule has 0 saturated heterocycles. The van der Waals surface area contributed by atoms with Gasteiger partial charge >= 0.3 is 0 Å². The van der Waals surface area contributed by atoms with Gasteiger partial charge in [0.15, 0.2) is 0 Å². The van der Waals surface area contributed by atoms with Crippen molar-refractivity contribution in [3.05, 3.63) is 21.3 Å². The third-order valence-corrected chi connectivity index (χ3v) is 4.42. The van der Waals surface area contributed by atoms with Gasteiger partial charge in [-0.1, -0.05) is 18.5 Å². The molecule has 2 N–H and O–H groups in total. The van der Waals surface area contributed by atoms with Crippen LogP contribution in [0.4, 0.5) is 0 Å². The average Bonchev–Trinajstić information content (AvgIpc) is 2.62. The van der Waals surface area contributed by atoms with Crippen LogP contribution in [-0.4, -0.2) is 12.1 Å². The van der Waals surface area contributed by atoms with E-state index < -0.39 is 0 Å². The summed E-state index contributed by atoms with van der Waals surface area (Å²) in [5.74, 6) is 0. The molecule has 2 unspecified atom stereocenters. The fourth-order valence-electron chi connectivity index (χ4n) is 1.79. The number of thiophene rings is 1. The van der Waals surface area contributed by atoms with Gasteiger partial charge in [-0.2, -0.15) is 0 Å². The van der Waals surface area contributed by atoms with Crippen LogP contribution in [0.5, 0.6) is 0 Å². The van der Waals surface area contributed by atoms with Crippen LogP contribution in [0.3, 0.4) is 0 Å². The normalized spacial score (nSPS) is 20.4. The van der Waals surface area contributed by atoms with Crippen molar-refractivity contribution >= 4 is 22.9 Å². The zero-order chi connectivity index (χ0) is 11.5. The predicted octanol–water partition coefficient (Wildman–Crippen LogP) is 3.75. The predicted molar refractivity (Wildman–Crippen MR) is 69.1 cm³/mol. The third kappa shape index (κ3) is 2.77. The van der Waals surface area contributed by atoms with E-state index in [9.17, 15) is 0 Å². The molecule has 0 radical (unpaired) electrons. The smallest absolute Gasteiger partial charge is 0.107 e. The van der Waals surface area contributed by atoms with Crippen LogP contribution in [0.2, 0.25) is 4.34 Å². The maximum atomic E-state index is 6.12. The Labute approximate surface area is 106 Å². The molecule has 1 aliphatic rings. The molecule has 1 heterocycles. The Balaban J connectivity index is 2.06. The lowest BCUT2D eigenvalue weighted by atomic mass is 9.95. The molecule has 1 aliphatic carbocycles. The Kier molecular flexibility index (Phi) is 4.25. The Bertz CT molecular complexity index is 338. The molecule has 0 amide bonds. The molecule has 1 aromatic rings. The van der Waals surface area contributed by atoms with Crippen LogP contribution in [0.1, 0.15) is 43.6 Å². The number of nitrogens with two attached hydrogens (primary N) is 1. The Morgan fingerprint density at radius 3 is 2.75 bits per heavy atom. The highest BCUT2D eigenvalue weighted by molar-refractivity contribution is 7.16. The van der Waals surface area contributed by atoms with E-state index >= 15 is 0 Å². The average molecular weight is 260 g/mol. The molecule has 2 rings (SSSR count). The van der Waals surface area contributed by atoms with Crippen molar-refractivity contribution < 1.29 is 4.74 Å². The lowest BCUT2D eigenvalue weighted by Crippen LogP contribution is -2.34. The summed E-state index contributed by atoms with van der Waals surface area (Å²) < 4.78 is 6.87. The lowest BCUT2D eigenvalue weighted by molar-refractivity contribution is -0.0622. The minimum atomic E-state index is 0.0211. The van der Waals surface area contributed by atoms with E-state index in [1.165, 1.54) is 19.3 Å². The standard InChI is InChI=1S/C12H18ClNOS/c1-2-9(14)12(15-8-4-3-5-8)10-6-7-11(13)16-10/h6-9,12H,2-5,14H2,1H3. The number of hydrogen-bond acceptors (Lipinski definition) is 3. The van der Waals surface area contributed by atoms with Crippen molar-refractivity contribution in [2.75, 3.05) is 0 Å². The number of hydrogen-bond donors (Lipinski definition) is 1. The Hall–Kier alpha value is -0.0900. The number of ether oxygens (including phenoxy) is 1. The SMILES string of the molecule is CCC(N)C(OC1CCC1)c1ccc(Cl)s1. The summed E-state index contributed by atoms with van der Waals surface area (Å²) in [6.45, 7) is 2.09. The van der Waals surface area contributed by atoms with E-state index in [0.717, 1.165) is 15.6 Å². The Morgan fingerprint density at radius 1 is 1.56 bits per heavy atom. The van der Waals surface area contributed by atoms with Crippen LogP contribution in [0.25, 0.3) is 0 Å². The van der Waals surface area contributed by atoms with Gasteiger partial charge in [0.05, 0.1) is 10.4 Å². The second kappa shape index (κ2) is 5.50. The quantitative estimate of drug-likeness (QED) is 0.874. The fraction of sp³-hybridized carbons (Fsp3) is 0.667. The first kappa shape index (κ1) is 12.4. The molecule has 90 valence electrons. The molecule has 0 spiro atoms. The molecule has 2 nitrogen and oxygen atoms in total. The summed E-state index contributed by atoms with van der Waals surface area (Å²) in [6, 6.07) is 4.02. The first-order valence-electron chi connectivity index (χ1n) is 5.87. The summed E-state index contributed by atoms with van der Waals surface area (Å²) in [5.41, 5.74) is 6.12. The van der Waals surface area contributed by atoms with E-state index in [-0.39, 0.29) is 12.1 Å². The van der Waals surface area contributed by atoms with Crippen LogP contribution >= 0.6 is 22.9 Å². The van der Waals surface area contributed by atoms with E-state index in [0.29, 0.717) is 6.10 Å². The molecule has 2 atom stereocenters. The van der Waals surface area contributed by atoms with Crippen LogP contribution < -0.4 is 5.73 Å². The highest BCUT2D eigenvalue weighted by Gasteiger charge is 2.27. The molecule has 16 heavy (non-hydrogen) atoms. The molecular weight excluding hydrogens is 242 g/mol. The molecule has 0 bridgehead atoms. The third-order valence-electron chi connectivity index (χ3n) is 3.13. The lowest BCUT2D eigenvalue weighted by Gasteiger charge is -2.32. The van der Waals surface area contributed by atoms with Gasteiger partial charge in [-0.15, -0.1) is 11.3 Å². The highest BCUT2D eigenvalue weighted by Crippen LogP contribution is 2.35. The van der Waals surface area contributed by atoms with Gasteiger partial charge in [0, 0.05) is 10.9 Å². The Morgan fingerprint density at radius 2 is 2.31 bits per heavy atom. The van der Waals surface area contributed by atoms with Crippen LogP contribution in [0.15, 0.2) is 12.1 Å². The highest BCUT2D eigenvalue weighted by atomic mass is 35.5. The number of rotatable bonds is 5. The van der Waals surface area contributed by atoms with Crippen molar-refractivity contribution in [2.45, 2.75) is 50.9 Å². The second-order valence-electron chi connectivity index (χ2n) is 4.32. The largest absolute Gasteiger partial charge is 0.368 e. The second-order valence-corrected chi connectivity index (χ2v) is 6.07. The van der Waals surface area contributed by atoms with Gasteiger partial charge in [-0.3, -0.25) is 0 Å². The van der Waals surface area contributed by atoms with Gasteiger partial charge in [0.25, 0.3) is 0 Å². The molecule has 1 fully saturated rings. The molecule has 4 heteroatoms. The summed E-state index contributed by atoms with van der Waals surface area (Å²) in [6.07, 6.45) is 4.98. The maximum absolute atomic E-state index is 6.12. The molecule has 0 aliphatic heterocycles. The maximum Gasteiger partial charge on any atom is 0.107 e. The van der Waals surface area contributed by atoms with Gasteiger partial charge in [0.2, 0.25) is 0 Å². The van der Waals surface area contributed by atoms with E-state index in [1.807, 2.05) is 12.1 Å². The van der Waals surface area contributed by atoms with Crippen molar-refractivity contribution in [2.24, 2.45) is 5.73 Å². The van der Waals surface area contributed by atoms with Crippen LogP contribution in [-0.2, 0) is 4.74 Å². The topological polar surface area (TPSA) is 35.2 Å². The molecule has 0 aromatic carbocycles. The minimum Gasteiger partial charge on any atom is -0.368 e. The van der Waals surface area contributed by atoms with Crippen molar-refractivity contribution in [3.63, 3.8) is 0 Å². The zero-order valence-electron chi connectivity index (χ0n) is 9.49. The van der Waals surface area contributed by atoms with Gasteiger partial charge in [-0.05, 0) is 37.8 Å². The summed E-state index contributed by atoms with van der Waals surface area (Å²) >= 11 is 7.54. The van der Waals surface area contributed by atoms with Crippen molar-refractivity contribution in [1.29, 1.82) is 0 Å². The van der Waals surface area contributed by atoms with Gasteiger partial charge < -0.3 is 10.5 Å². The summed E-state index contributed by atoms with van der Waals surface area (Å²) in [5, 5.41) is 0. The summed E-state index contributed by atoms with van der Waals surface area (Å²) in [4.78, 5) is 1.16. The zero-order valence-corrected chi connectivity index (χ0v) is 11.1. The molecule has 1 aromatic heterocycles. The van der Waals surface area contributed by atoms with Crippen molar-refractivity contribution in [3.8, 4) is 0 Å². The monoisotopic (exact) mass is 259 g/mol. The van der Waals surface area contributed by atoms with Gasteiger partial charge in [0.1, 0.15) is 6.10 Å².